The number of para-hydroxylation sites is 2. The molecule has 0 unspecified atom stereocenters. The fraction of sp³-hybridized carbons (Fsp3) is 0.389. The van der Waals surface area contributed by atoms with Crippen LogP contribution in [0.15, 0.2) is 197 Å². The second-order valence-electron chi connectivity index (χ2n) is 30.6. The Morgan fingerprint density at radius 1 is 0.306 bits per heavy atom. The number of unbranched alkanes of at least 4 members (excludes halogenated alkanes) is 20. The number of anilines is 3. The molecule has 0 radical (unpaired) electrons. The first-order chi connectivity index (χ1) is 48.2. The van der Waals surface area contributed by atoms with Crippen LogP contribution in [0.1, 0.15) is 255 Å². The number of hydrogen-bond donors (Lipinski definition) is 0. The number of benzene rings is 10. The van der Waals surface area contributed by atoms with E-state index in [2.05, 4.69) is 234 Å². The lowest BCUT2D eigenvalue weighted by atomic mass is 9.68. The second-order valence-corrected chi connectivity index (χ2v) is 30.6. The topological polar surface area (TPSA) is 29.5 Å². The summed E-state index contributed by atoms with van der Waals surface area (Å²) in [6, 6.07) is 73.0. The molecule has 3 heteroatoms. The average Bonchev–Trinajstić information content (AvgIpc) is 1.53. The van der Waals surface area contributed by atoms with Gasteiger partial charge >= 0.3 is 0 Å². The maximum atomic E-state index is 6.96. The molecule has 0 saturated carbocycles. The molecule has 0 spiro atoms. The SMILES string of the molecule is CCCCCCCCC1(CCCCCCCC)c2cc(N(c3ccc4c(c3)C(C)(C)c3cc(-c5ccccc5)c5oc6ccccc6c5c3-4)c3cccc4ccccc34)ccc2-c2cc3c(cc21)-c1c(ccc2oc4ccccc4c12)C3(CCCCCCCC)CCCCCCCC. The van der Waals surface area contributed by atoms with Crippen LogP contribution in [0.5, 0.6) is 0 Å². The van der Waals surface area contributed by atoms with Crippen LogP contribution in [-0.2, 0) is 16.2 Å². The van der Waals surface area contributed by atoms with Crippen molar-refractivity contribution in [2.24, 2.45) is 0 Å². The lowest BCUT2D eigenvalue weighted by Gasteiger charge is -2.35. The van der Waals surface area contributed by atoms with Gasteiger partial charge in [-0.1, -0.05) is 317 Å². The molecule has 502 valence electrons. The molecule has 15 rings (SSSR count). The van der Waals surface area contributed by atoms with E-state index in [4.69, 9.17) is 8.83 Å². The van der Waals surface area contributed by atoms with Crippen molar-refractivity contribution in [1.29, 1.82) is 0 Å². The highest BCUT2D eigenvalue weighted by Crippen LogP contribution is 2.64. The van der Waals surface area contributed by atoms with Gasteiger partial charge < -0.3 is 13.7 Å². The summed E-state index contributed by atoms with van der Waals surface area (Å²) in [7, 11) is 0. The number of fused-ring (bicyclic) bond motifs is 18. The molecule has 3 aliphatic carbocycles. The first kappa shape index (κ1) is 65.8. The largest absolute Gasteiger partial charge is 0.456 e. The van der Waals surface area contributed by atoms with Crippen LogP contribution < -0.4 is 4.90 Å². The molecule has 0 amide bonds. The van der Waals surface area contributed by atoms with Crippen LogP contribution in [0.3, 0.4) is 0 Å². The highest BCUT2D eigenvalue weighted by Gasteiger charge is 2.49. The van der Waals surface area contributed by atoms with Gasteiger partial charge in [0, 0.05) is 60.1 Å². The second kappa shape index (κ2) is 28.6. The lowest BCUT2D eigenvalue weighted by molar-refractivity contribution is 0.394. The van der Waals surface area contributed by atoms with Gasteiger partial charge in [0.1, 0.15) is 22.3 Å². The van der Waals surface area contributed by atoms with E-state index in [1.165, 1.54) is 266 Å². The molecule has 0 bridgehead atoms. The van der Waals surface area contributed by atoms with Gasteiger partial charge in [-0.25, -0.2) is 0 Å². The molecule has 0 N–H and O–H groups in total. The summed E-state index contributed by atoms with van der Waals surface area (Å²) in [6.07, 6.45) is 35.6. The van der Waals surface area contributed by atoms with Gasteiger partial charge in [-0.15, -0.1) is 0 Å². The van der Waals surface area contributed by atoms with Gasteiger partial charge in [-0.3, -0.25) is 0 Å². The molecule has 0 saturated heterocycles. The fourth-order valence-electron chi connectivity index (χ4n) is 19.0. The standard InChI is InChI=1S/C95H105NO2/c1-7-11-15-19-23-36-57-94(58-37-24-20-16-12-8-2)78-55-56-87-90(73-46-32-34-49-85(73)97-87)89(78)77-65-81-76(64-82(77)94)71-53-51-69(62-80(71)95(81,59-38-25-21-17-13-9-3)60-39-26-22-18-14-10-4)96(84-48-40-44-66-43-30-31-45-70(66)84)68-52-54-72-79(61-68)93(5,6)83-63-75(67-41-28-27-29-42-67)92-91(88(72)83)74-47-33-35-50-86(74)98-92/h27-35,40-56,61-65H,7-26,36-39,57-60H2,1-6H3. The Balaban J connectivity index is 0.944. The number of nitrogens with zero attached hydrogens (tertiary/aromatic N) is 1. The van der Waals surface area contributed by atoms with Crippen molar-refractivity contribution < 1.29 is 8.83 Å². The molecule has 2 heterocycles. The highest BCUT2D eigenvalue weighted by molar-refractivity contribution is 6.19. The molecule has 0 atom stereocenters. The molecule has 0 fully saturated rings. The Kier molecular flexibility index (Phi) is 19.2. The quantitative estimate of drug-likeness (QED) is 0.0394. The maximum absolute atomic E-state index is 6.96. The van der Waals surface area contributed by atoms with Crippen LogP contribution in [0, 0.1) is 0 Å². The Hall–Kier alpha value is -8.14. The summed E-state index contributed by atoms with van der Waals surface area (Å²) >= 11 is 0. The van der Waals surface area contributed by atoms with E-state index >= 15 is 0 Å². The average molecular weight is 1290 g/mol. The van der Waals surface area contributed by atoms with E-state index in [0.717, 1.165) is 40.7 Å². The predicted octanol–water partition coefficient (Wildman–Crippen LogP) is 29.6. The highest BCUT2D eigenvalue weighted by atomic mass is 16.3. The van der Waals surface area contributed by atoms with Gasteiger partial charge in [-0.2, -0.15) is 0 Å². The summed E-state index contributed by atoms with van der Waals surface area (Å²) in [6.45, 7) is 14.3. The van der Waals surface area contributed by atoms with Crippen molar-refractivity contribution in [3.05, 3.63) is 221 Å². The number of hydrogen-bond acceptors (Lipinski definition) is 3. The van der Waals surface area contributed by atoms with E-state index < -0.39 is 0 Å². The van der Waals surface area contributed by atoms with Gasteiger partial charge in [0.2, 0.25) is 0 Å². The molecule has 10 aromatic carbocycles. The minimum absolute atomic E-state index is 0.0997. The van der Waals surface area contributed by atoms with Crippen molar-refractivity contribution in [3.63, 3.8) is 0 Å². The summed E-state index contributed by atoms with van der Waals surface area (Å²) in [5.74, 6) is 0. The zero-order chi connectivity index (χ0) is 66.8. The van der Waals surface area contributed by atoms with Gasteiger partial charge in [0.15, 0.2) is 0 Å². The molecule has 0 aliphatic heterocycles. The first-order valence-electron chi connectivity index (χ1n) is 39.0. The lowest BCUT2D eigenvalue weighted by Crippen LogP contribution is -2.27. The number of furan rings is 2. The van der Waals surface area contributed by atoms with E-state index in [0.29, 0.717) is 0 Å². The van der Waals surface area contributed by atoms with E-state index in [9.17, 15) is 0 Å². The van der Waals surface area contributed by atoms with E-state index in [1.807, 2.05) is 0 Å². The summed E-state index contributed by atoms with van der Waals surface area (Å²) < 4.78 is 13.9. The van der Waals surface area contributed by atoms with Crippen LogP contribution in [0.25, 0.3) is 99.2 Å². The Morgan fingerprint density at radius 3 is 1.39 bits per heavy atom. The monoisotopic (exact) mass is 1290 g/mol. The molecule has 12 aromatic rings. The summed E-state index contributed by atoms with van der Waals surface area (Å²) in [5, 5.41) is 7.48. The minimum Gasteiger partial charge on any atom is -0.456 e. The Morgan fingerprint density at radius 2 is 0.765 bits per heavy atom. The minimum atomic E-state index is -0.323. The van der Waals surface area contributed by atoms with Crippen molar-refractivity contribution in [2.75, 3.05) is 4.90 Å². The smallest absolute Gasteiger partial charge is 0.143 e. The van der Waals surface area contributed by atoms with Crippen molar-refractivity contribution in [1.82, 2.24) is 0 Å². The zero-order valence-electron chi connectivity index (χ0n) is 60.0. The molecule has 3 nitrogen and oxygen atoms in total. The van der Waals surface area contributed by atoms with Gasteiger partial charge in [0.05, 0.1) is 5.69 Å². The van der Waals surface area contributed by atoms with Gasteiger partial charge in [-0.05, 0) is 170 Å². The van der Waals surface area contributed by atoms with Crippen LogP contribution in [0.4, 0.5) is 17.1 Å². The predicted molar refractivity (Wildman–Crippen MR) is 421 cm³/mol. The van der Waals surface area contributed by atoms with Crippen LogP contribution in [-0.4, -0.2) is 0 Å². The summed E-state index contributed by atoms with van der Waals surface area (Å²) in [4.78, 5) is 2.66. The van der Waals surface area contributed by atoms with Crippen molar-refractivity contribution >= 4 is 71.7 Å². The molecule has 2 aromatic heterocycles. The maximum Gasteiger partial charge on any atom is 0.143 e. The molecular formula is C95H105NO2. The van der Waals surface area contributed by atoms with Crippen LogP contribution >= 0.6 is 0 Å². The third-order valence-corrected chi connectivity index (χ3v) is 24.0. The molecule has 3 aliphatic rings. The Labute approximate surface area is 585 Å². The van der Waals surface area contributed by atoms with E-state index in [-0.39, 0.29) is 16.2 Å². The molecule has 98 heavy (non-hydrogen) atoms. The molecular weight excluding hydrogens is 1190 g/mol. The Bertz CT molecular complexity index is 4780. The normalized spacial score (nSPS) is 14.4. The van der Waals surface area contributed by atoms with Crippen molar-refractivity contribution in [3.8, 4) is 44.5 Å². The first-order valence-corrected chi connectivity index (χ1v) is 39.0. The third kappa shape index (κ3) is 11.7. The van der Waals surface area contributed by atoms with Gasteiger partial charge in [0.25, 0.3) is 0 Å². The van der Waals surface area contributed by atoms with E-state index in [1.54, 1.807) is 22.3 Å². The number of rotatable bonds is 32. The van der Waals surface area contributed by atoms with Crippen LogP contribution in [0.2, 0.25) is 0 Å². The third-order valence-electron chi connectivity index (χ3n) is 24.0. The fourth-order valence-corrected chi connectivity index (χ4v) is 19.0. The van der Waals surface area contributed by atoms with Crippen molar-refractivity contribution in [2.45, 2.75) is 238 Å². The summed E-state index contributed by atoms with van der Waals surface area (Å²) in [5.41, 5.74) is 26.7. The zero-order valence-corrected chi connectivity index (χ0v) is 60.0.